The van der Waals surface area contributed by atoms with Crippen LogP contribution in [-0.4, -0.2) is 59.7 Å². The number of methoxy groups -OCH3 is 1. The van der Waals surface area contributed by atoms with E-state index in [0.29, 0.717) is 24.9 Å². The normalized spacial score (nSPS) is 14.2. The molecule has 1 aliphatic heterocycles. The van der Waals surface area contributed by atoms with E-state index >= 15 is 0 Å². The Morgan fingerprint density at radius 1 is 0.938 bits per heavy atom. The molecule has 1 saturated heterocycles. The third-order valence-corrected chi connectivity index (χ3v) is 5.30. The van der Waals surface area contributed by atoms with Crippen molar-refractivity contribution >= 4 is 23.3 Å². The van der Waals surface area contributed by atoms with Crippen molar-refractivity contribution in [2.75, 3.05) is 55.8 Å². The quantitative estimate of drug-likeness (QED) is 0.553. The van der Waals surface area contributed by atoms with Crippen LogP contribution in [0.25, 0.3) is 0 Å². The van der Waals surface area contributed by atoms with Gasteiger partial charge in [0.1, 0.15) is 17.3 Å². The van der Waals surface area contributed by atoms with Crippen molar-refractivity contribution in [2.45, 2.75) is 13.5 Å². The number of nitrogens with two attached hydrogens (primary N) is 1. The summed E-state index contributed by atoms with van der Waals surface area (Å²) in [7, 11) is 1.71. The van der Waals surface area contributed by atoms with Gasteiger partial charge in [0.15, 0.2) is 0 Å². The average molecular weight is 436 g/mol. The molecule has 2 aromatic carbocycles. The highest BCUT2D eigenvalue weighted by atomic mass is 16.5. The number of nitrogens with zero attached hydrogens (tertiary/aromatic N) is 5. The molecule has 0 atom stereocenters. The third-order valence-electron chi connectivity index (χ3n) is 5.30. The molecule has 4 rings (SSSR count). The first kappa shape index (κ1) is 21.6. The summed E-state index contributed by atoms with van der Waals surface area (Å²) in [6.45, 7) is 6.70. The number of benzene rings is 2. The first-order chi connectivity index (χ1) is 15.7. The molecule has 0 unspecified atom stereocenters. The monoisotopic (exact) mass is 435 g/mol. The molecule has 168 valence electrons. The molecule has 32 heavy (non-hydrogen) atoms. The number of aromatic nitrogens is 3. The summed E-state index contributed by atoms with van der Waals surface area (Å²) in [5.41, 5.74) is 7.88. The molecule has 1 fully saturated rings. The standard InChI is InChI=1S/C23H29N7O2/c1-3-32-19-10-6-4-8-17(19)25-23-27-21(26-22(24)28-23)16-29-12-14-30(15-13-29)18-9-5-7-11-20(18)31-2/h4-11H,3,12-16H2,1-2H3,(H3,24,25,26,27,28). The molecular weight excluding hydrogens is 406 g/mol. The molecule has 0 spiro atoms. The van der Waals surface area contributed by atoms with Gasteiger partial charge in [-0.1, -0.05) is 24.3 Å². The number of nitrogen functional groups attached to an aromatic ring is 1. The largest absolute Gasteiger partial charge is 0.495 e. The van der Waals surface area contributed by atoms with Gasteiger partial charge in [-0.05, 0) is 31.2 Å². The molecule has 3 N–H and O–H groups in total. The third kappa shape index (κ3) is 5.17. The number of anilines is 4. The predicted octanol–water partition coefficient (Wildman–Crippen LogP) is 2.93. The Hall–Kier alpha value is -3.59. The SMILES string of the molecule is CCOc1ccccc1Nc1nc(N)nc(CN2CCN(c3ccccc3OC)CC2)n1. The van der Waals surface area contributed by atoms with Gasteiger partial charge < -0.3 is 25.4 Å². The molecule has 0 bridgehead atoms. The Morgan fingerprint density at radius 2 is 1.66 bits per heavy atom. The van der Waals surface area contributed by atoms with Crippen molar-refractivity contribution < 1.29 is 9.47 Å². The van der Waals surface area contributed by atoms with E-state index in [1.54, 1.807) is 7.11 Å². The number of piperazine rings is 1. The number of rotatable bonds is 8. The molecule has 9 heteroatoms. The molecule has 0 saturated carbocycles. The highest BCUT2D eigenvalue weighted by molar-refractivity contribution is 5.62. The Kier molecular flexibility index (Phi) is 6.86. The van der Waals surface area contributed by atoms with Crippen LogP contribution < -0.4 is 25.4 Å². The van der Waals surface area contributed by atoms with E-state index in [1.165, 1.54) is 0 Å². The van der Waals surface area contributed by atoms with Gasteiger partial charge in [0, 0.05) is 26.2 Å². The minimum absolute atomic E-state index is 0.194. The smallest absolute Gasteiger partial charge is 0.232 e. The van der Waals surface area contributed by atoms with Crippen molar-refractivity contribution in [3.63, 3.8) is 0 Å². The van der Waals surface area contributed by atoms with E-state index in [4.69, 9.17) is 15.2 Å². The van der Waals surface area contributed by atoms with E-state index in [-0.39, 0.29) is 5.95 Å². The lowest BCUT2D eigenvalue weighted by Gasteiger charge is -2.36. The molecule has 1 aliphatic rings. The summed E-state index contributed by atoms with van der Waals surface area (Å²) < 4.78 is 11.2. The van der Waals surface area contributed by atoms with Gasteiger partial charge >= 0.3 is 0 Å². The van der Waals surface area contributed by atoms with Gasteiger partial charge in [-0.15, -0.1) is 0 Å². The van der Waals surface area contributed by atoms with Crippen LogP contribution in [0.5, 0.6) is 11.5 Å². The lowest BCUT2D eigenvalue weighted by molar-refractivity contribution is 0.243. The molecule has 1 aromatic heterocycles. The van der Waals surface area contributed by atoms with E-state index in [0.717, 1.165) is 49.1 Å². The number of hydrogen-bond donors (Lipinski definition) is 2. The van der Waals surface area contributed by atoms with Gasteiger partial charge in [0.2, 0.25) is 11.9 Å². The Bertz CT molecular complexity index is 1040. The van der Waals surface area contributed by atoms with Crippen LogP contribution in [0.3, 0.4) is 0 Å². The van der Waals surface area contributed by atoms with Crippen LogP contribution in [0, 0.1) is 0 Å². The van der Waals surface area contributed by atoms with Crippen molar-refractivity contribution in [3.8, 4) is 11.5 Å². The molecule has 9 nitrogen and oxygen atoms in total. The fraction of sp³-hybridized carbons (Fsp3) is 0.348. The maximum Gasteiger partial charge on any atom is 0.232 e. The number of nitrogens with one attached hydrogen (secondary N) is 1. The summed E-state index contributed by atoms with van der Waals surface area (Å²) in [6, 6.07) is 15.8. The van der Waals surface area contributed by atoms with Crippen LogP contribution in [0.2, 0.25) is 0 Å². The van der Waals surface area contributed by atoms with E-state index in [2.05, 4.69) is 36.1 Å². The molecule has 3 aromatic rings. The highest BCUT2D eigenvalue weighted by Crippen LogP contribution is 2.29. The minimum Gasteiger partial charge on any atom is -0.495 e. The summed E-state index contributed by atoms with van der Waals surface area (Å²) in [4.78, 5) is 17.8. The van der Waals surface area contributed by atoms with Gasteiger partial charge in [0.05, 0.1) is 31.6 Å². The van der Waals surface area contributed by atoms with Gasteiger partial charge in [0.25, 0.3) is 0 Å². The lowest BCUT2D eigenvalue weighted by Crippen LogP contribution is -2.46. The summed E-state index contributed by atoms with van der Waals surface area (Å²) >= 11 is 0. The van der Waals surface area contributed by atoms with E-state index < -0.39 is 0 Å². The van der Waals surface area contributed by atoms with Crippen LogP contribution in [0.1, 0.15) is 12.7 Å². The van der Waals surface area contributed by atoms with Gasteiger partial charge in [-0.25, -0.2) is 0 Å². The number of para-hydroxylation sites is 4. The van der Waals surface area contributed by atoms with Gasteiger partial charge in [-0.2, -0.15) is 15.0 Å². The fourth-order valence-corrected chi connectivity index (χ4v) is 3.77. The minimum atomic E-state index is 0.194. The highest BCUT2D eigenvalue weighted by Gasteiger charge is 2.21. The van der Waals surface area contributed by atoms with E-state index in [1.807, 2.05) is 49.4 Å². The van der Waals surface area contributed by atoms with Crippen LogP contribution in [0.15, 0.2) is 48.5 Å². The summed E-state index contributed by atoms with van der Waals surface area (Å²) in [6.07, 6.45) is 0. The van der Waals surface area contributed by atoms with Crippen molar-refractivity contribution in [1.82, 2.24) is 19.9 Å². The van der Waals surface area contributed by atoms with Gasteiger partial charge in [-0.3, -0.25) is 4.90 Å². The fourth-order valence-electron chi connectivity index (χ4n) is 3.77. The van der Waals surface area contributed by atoms with Crippen LogP contribution >= 0.6 is 0 Å². The topological polar surface area (TPSA) is 102 Å². The summed E-state index contributed by atoms with van der Waals surface area (Å²) in [5, 5.41) is 3.21. The second kappa shape index (κ2) is 10.1. The summed E-state index contributed by atoms with van der Waals surface area (Å²) in [5.74, 6) is 2.88. The van der Waals surface area contributed by atoms with E-state index in [9.17, 15) is 0 Å². The maximum absolute atomic E-state index is 5.97. The Balaban J connectivity index is 1.41. The van der Waals surface area contributed by atoms with Crippen molar-refractivity contribution in [3.05, 3.63) is 54.4 Å². The van der Waals surface area contributed by atoms with Crippen LogP contribution in [-0.2, 0) is 6.54 Å². The molecule has 0 amide bonds. The van der Waals surface area contributed by atoms with Crippen LogP contribution in [0.4, 0.5) is 23.3 Å². The second-order valence-corrected chi connectivity index (χ2v) is 7.42. The Morgan fingerprint density at radius 3 is 2.41 bits per heavy atom. The lowest BCUT2D eigenvalue weighted by atomic mass is 10.2. The first-order valence-corrected chi connectivity index (χ1v) is 10.8. The zero-order chi connectivity index (χ0) is 22.3. The molecule has 2 heterocycles. The molecule has 0 radical (unpaired) electrons. The predicted molar refractivity (Wildman–Crippen MR) is 126 cm³/mol. The molecular formula is C23H29N7O2. The maximum atomic E-state index is 5.97. The number of hydrogen-bond acceptors (Lipinski definition) is 9. The second-order valence-electron chi connectivity index (χ2n) is 7.42. The number of ether oxygens (including phenoxy) is 2. The van der Waals surface area contributed by atoms with Crippen molar-refractivity contribution in [2.24, 2.45) is 0 Å². The first-order valence-electron chi connectivity index (χ1n) is 10.8. The molecule has 0 aliphatic carbocycles. The Labute approximate surface area is 188 Å². The zero-order valence-corrected chi connectivity index (χ0v) is 18.5. The van der Waals surface area contributed by atoms with Crippen molar-refractivity contribution in [1.29, 1.82) is 0 Å². The zero-order valence-electron chi connectivity index (χ0n) is 18.5. The average Bonchev–Trinajstić information content (AvgIpc) is 2.81.